The number of aromatic hydroxyl groups is 1. The van der Waals surface area contributed by atoms with Crippen LogP contribution in [0.1, 0.15) is 12.5 Å². The second kappa shape index (κ2) is 3.24. The molecule has 4 heteroatoms. The molecule has 13 heavy (non-hydrogen) atoms. The topological polar surface area (TPSA) is 92.5 Å². The van der Waals surface area contributed by atoms with Crippen LogP contribution in [-0.4, -0.2) is 16.8 Å². The Morgan fingerprint density at radius 2 is 2.08 bits per heavy atom. The van der Waals surface area contributed by atoms with Crippen molar-refractivity contribution in [3.05, 3.63) is 23.8 Å². The van der Waals surface area contributed by atoms with Gasteiger partial charge in [-0.15, -0.1) is 0 Å². The first kappa shape index (κ1) is 9.83. The number of benzene rings is 1. The Balaban J connectivity index is 3.10. The molecule has 4 nitrogen and oxygen atoms in total. The molecule has 0 saturated heterocycles. The first-order valence-corrected chi connectivity index (χ1v) is 3.96. The maximum Gasteiger partial charge on any atom is 0.138 e. The average molecular weight is 182 g/mol. The van der Waals surface area contributed by atoms with E-state index in [0.29, 0.717) is 5.56 Å². The van der Waals surface area contributed by atoms with Gasteiger partial charge >= 0.3 is 0 Å². The summed E-state index contributed by atoms with van der Waals surface area (Å²) in [5.74, 6) is 0.0255. The van der Waals surface area contributed by atoms with Crippen molar-refractivity contribution in [1.29, 1.82) is 0 Å². The lowest BCUT2D eigenvalue weighted by Gasteiger charge is -2.22. The largest absolute Gasteiger partial charge is 0.506 e. The van der Waals surface area contributed by atoms with Crippen LogP contribution in [0.2, 0.25) is 0 Å². The number of aliphatic hydroxyl groups excluding tert-OH is 1. The van der Waals surface area contributed by atoms with Crippen LogP contribution >= 0.6 is 0 Å². The fraction of sp³-hybridized carbons (Fsp3) is 0.333. The highest BCUT2D eigenvalue weighted by Gasteiger charge is 2.20. The van der Waals surface area contributed by atoms with E-state index < -0.39 is 5.54 Å². The monoisotopic (exact) mass is 182 g/mol. The van der Waals surface area contributed by atoms with Crippen LogP contribution in [-0.2, 0) is 5.54 Å². The lowest BCUT2D eigenvalue weighted by atomic mass is 9.94. The van der Waals surface area contributed by atoms with E-state index in [1.54, 1.807) is 19.1 Å². The Morgan fingerprint density at radius 1 is 1.46 bits per heavy atom. The molecule has 6 N–H and O–H groups in total. The van der Waals surface area contributed by atoms with Gasteiger partial charge in [0.15, 0.2) is 0 Å². The highest BCUT2D eigenvalue weighted by Crippen LogP contribution is 2.25. The first-order chi connectivity index (χ1) is 5.97. The molecule has 72 valence electrons. The van der Waals surface area contributed by atoms with Crippen LogP contribution in [0.15, 0.2) is 18.2 Å². The van der Waals surface area contributed by atoms with Gasteiger partial charge in [0.2, 0.25) is 0 Å². The number of rotatable bonds is 2. The standard InChI is InChI=1S/C9H14N2O2/c1-9(11,5-12)6-2-3-8(13)7(10)4-6/h2-4,12-13H,5,10-11H2,1H3. The zero-order chi connectivity index (χ0) is 10.1. The van der Waals surface area contributed by atoms with Gasteiger partial charge in [0.05, 0.1) is 17.8 Å². The van der Waals surface area contributed by atoms with Crippen molar-refractivity contribution in [2.45, 2.75) is 12.5 Å². The van der Waals surface area contributed by atoms with Crippen molar-refractivity contribution in [1.82, 2.24) is 0 Å². The molecule has 1 aromatic carbocycles. The number of nitrogens with two attached hydrogens (primary N) is 2. The van der Waals surface area contributed by atoms with E-state index >= 15 is 0 Å². The minimum absolute atomic E-state index is 0.0255. The minimum Gasteiger partial charge on any atom is -0.506 e. The molecule has 0 amide bonds. The highest BCUT2D eigenvalue weighted by atomic mass is 16.3. The van der Waals surface area contributed by atoms with Gasteiger partial charge in [-0.2, -0.15) is 0 Å². The molecule has 1 rings (SSSR count). The molecule has 0 aliphatic heterocycles. The summed E-state index contributed by atoms with van der Waals surface area (Å²) in [6, 6.07) is 4.67. The second-order valence-corrected chi connectivity index (χ2v) is 3.35. The van der Waals surface area contributed by atoms with E-state index in [1.165, 1.54) is 6.07 Å². The van der Waals surface area contributed by atoms with Gasteiger partial charge in [0.1, 0.15) is 5.75 Å². The van der Waals surface area contributed by atoms with Crippen LogP contribution in [0.3, 0.4) is 0 Å². The Kier molecular flexibility index (Phi) is 2.45. The third-order valence-electron chi connectivity index (χ3n) is 2.02. The predicted octanol–water partition coefficient (Wildman–Crippen LogP) is 0.141. The van der Waals surface area contributed by atoms with Gasteiger partial charge in [0.25, 0.3) is 0 Å². The number of hydrogen-bond donors (Lipinski definition) is 4. The number of anilines is 1. The molecule has 0 aromatic heterocycles. The smallest absolute Gasteiger partial charge is 0.138 e. The van der Waals surface area contributed by atoms with Crippen molar-refractivity contribution in [3.8, 4) is 5.75 Å². The Labute approximate surface area is 76.8 Å². The summed E-state index contributed by atoms with van der Waals surface area (Å²) in [5.41, 5.74) is 11.4. The molecule has 0 saturated carbocycles. The van der Waals surface area contributed by atoms with Crippen molar-refractivity contribution < 1.29 is 10.2 Å². The van der Waals surface area contributed by atoms with E-state index in [-0.39, 0.29) is 18.0 Å². The normalized spacial score (nSPS) is 15.3. The predicted molar refractivity (Wildman–Crippen MR) is 51.1 cm³/mol. The number of aliphatic hydroxyl groups is 1. The number of nitrogen functional groups attached to an aromatic ring is 1. The lowest BCUT2D eigenvalue weighted by Crippen LogP contribution is -2.36. The van der Waals surface area contributed by atoms with E-state index in [0.717, 1.165) is 0 Å². The molecule has 0 fully saturated rings. The van der Waals surface area contributed by atoms with E-state index in [9.17, 15) is 0 Å². The van der Waals surface area contributed by atoms with Gasteiger partial charge in [-0.1, -0.05) is 6.07 Å². The molecular formula is C9H14N2O2. The van der Waals surface area contributed by atoms with Crippen molar-refractivity contribution in [3.63, 3.8) is 0 Å². The number of phenols is 1. The van der Waals surface area contributed by atoms with Crippen LogP contribution in [0, 0.1) is 0 Å². The van der Waals surface area contributed by atoms with E-state index in [2.05, 4.69) is 0 Å². The molecule has 0 spiro atoms. The number of hydrogen-bond acceptors (Lipinski definition) is 4. The van der Waals surface area contributed by atoms with Gasteiger partial charge in [-0.25, -0.2) is 0 Å². The molecule has 1 atom stereocenters. The second-order valence-electron chi connectivity index (χ2n) is 3.35. The SMILES string of the molecule is CC(N)(CO)c1ccc(O)c(N)c1. The lowest BCUT2D eigenvalue weighted by molar-refractivity contribution is 0.210. The quantitative estimate of drug-likeness (QED) is 0.386. The highest BCUT2D eigenvalue weighted by molar-refractivity contribution is 5.54. The molecule has 1 aromatic rings. The summed E-state index contributed by atoms with van der Waals surface area (Å²) in [6.07, 6.45) is 0. The van der Waals surface area contributed by atoms with Gasteiger partial charge in [-0.05, 0) is 24.6 Å². The molecule has 0 bridgehead atoms. The summed E-state index contributed by atoms with van der Waals surface area (Å²) in [6.45, 7) is 1.52. The molecule has 0 radical (unpaired) electrons. The van der Waals surface area contributed by atoms with Crippen LogP contribution in [0.25, 0.3) is 0 Å². The summed E-state index contributed by atoms with van der Waals surface area (Å²) in [5, 5.41) is 18.1. The minimum atomic E-state index is -0.818. The summed E-state index contributed by atoms with van der Waals surface area (Å²) in [4.78, 5) is 0. The van der Waals surface area contributed by atoms with Gasteiger partial charge in [0, 0.05) is 0 Å². The molecule has 1 unspecified atom stereocenters. The molecule has 0 aliphatic carbocycles. The fourth-order valence-corrected chi connectivity index (χ4v) is 1.00. The number of phenolic OH excluding ortho intramolecular Hbond substituents is 1. The van der Waals surface area contributed by atoms with Crippen molar-refractivity contribution >= 4 is 5.69 Å². The zero-order valence-corrected chi connectivity index (χ0v) is 7.49. The molecule has 0 heterocycles. The zero-order valence-electron chi connectivity index (χ0n) is 7.49. The average Bonchev–Trinajstić information content (AvgIpc) is 2.09. The maximum absolute atomic E-state index is 9.15. The summed E-state index contributed by atoms with van der Waals surface area (Å²) in [7, 11) is 0. The van der Waals surface area contributed by atoms with Crippen LogP contribution < -0.4 is 11.5 Å². The van der Waals surface area contributed by atoms with Crippen molar-refractivity contribution in [2.75, 3.05) is 12.3 Å². The Morgan fingerprint density at radius 3 is 2.54 bits per heavy atom. The van der Waals surface area contributed by atoms with Crippen LogP contribution in [0.5, 0.6) is 5.75 Å². The summed E-state index contributed by atoms with van der Waals surface area (Å²) >= 11 is 0. The van der Waals surface area contributed by atoms with E-state index in [1.807, 2.05) is 0 Å². The first-order valence-electron chi connectivity index (χ1n) is 3.96. The summed E-state index contributed by atoms with van der Waals surface area (Å²) < 4.78 is 0. The maximum atomic E-state index is 9.15. The van der Waals surface area contributed by atoms with E-state index in [4.69, 9.17) is 21.7 Å². The van der Waals surface area contributed by atoms with Gasteiger partial charge < -0.3 is 21.7 Å². The van der Waals surface area contributed by atoms with Crippen molar-refractivity contribution in [2.24, 2.45) is 5.73 Å². The molecular weight excluding hydrogens is 168 g/mol. The Bertz CT molecular complexity index is 310. The Hall–Kier alpha value is -1.26. The van der Waals surface area contributed by atoms with Crippen LogP contribution in [0.4, 0.5) is 5.69 Å². The third-order valence-corrected chi connectivity index (χ3v) is 2.02. The van der Waals surface area contributed by atoms with Gasteiger partial charge in [-0.3, -0.25) is 0 Å². The molecule has 0 aliphatic rings. The fourth-order valence-electron chi connectivity index (χ4n) is 1.00. The third kappa shape index (κ3) is 1.91.